The highest BCUT2D eigenvalue weighted by atomic mass is 32.2. The van der Waals surface area contributed by atoms with E-state index < -0.39 is 0 Å². The Morgan fingerprint density at radius 1 is 1.38 bits per heavy atom. The Kier molecular flexibility index (Phi) is 4.23. The van der Waals surface area contributed by atoms with E-state index in [2.05, 4.69) is 14.8 Å². The van der Waals surface area contributed by atoms with E-state index in [0.717, 1.165) is 30.4 Å². The Morgan fingerprint density at radius 2 is 2.25 bits per heavy atom. The van der Waals surface area contributed by atoms with Gasteiger partial charge in [0.15, 0.2) is 5.16 Å². The number of hydrogen-bond donors (Lipinski definition) is 1. The van der Waals surface area contributed by atoms with Crippen molar-refractivity contribution < 1.29 is 5.11 Å². The highest BCUT2D eigenvalue weighted by molar-refractivity contribution is 7.99. The molecule has 1 atom stereocenters. The summed E-state index contributed by atoms with van der Waals surface area (Å²) in [4.78, 5) is 0. The summed E-state index contributed by atoms with van der Waals surface area (Å²) in [5.41, 5.74) is 0. The van der Waals surface area contributed by atoms with Crippen LogP contribution in [-0.2, 0) is 13.0 Å². The van der Waals surface area contributed by atoms with Crippen LogP contribution in [-0.4, -0.2) is 31.7 Å². The highest BCUT2D eigenvalue weighted by Crippen LogP contribution is 2.22. The van der Waals surface area contributed by atoms with Crippen LogP contribution in [0.1, 0.15) is 38.4 Å². The minimum atomic E-state index is -0.233. The van der Waals surface area contributed by atoms with Gasteiger partial charge in [0, 0.05) is 18.7 Å². The molecule has 0 amide bonds. The van der Waals surface area contributed by atoms with Crippen molar-refractivity contribution in [3.05, 3.63) is 5.82 Å². The van der Waals surface area contributed by atoms with Gasteiger partial charge in [0.05, 0.1) is 6.10 Å². The molecule has 1 unspecified atom stereocenters. The van der Waals surface area contributed by atoms with E-state index in [1.165, 1.54) is 19.3 Å². The average molecular weight is 241 g/mol. The first kappa shape index (κ1) is 11.9. The smallest absolute Gasteiger partial charge is 0.191 e. The standard InChI is InChI=1S/C11H19N3OS/c1-2-9(15)8-16-11-13-12-10-6-4-3-5-7-14(10)11/h9,15H,2-8H2,1H3. The topological polar surface area (TPSA) is 50.9 Å². The minimum Gasteiger partial charge on any atom is -0.392 e. The van der Waals surface area contributed by atoms with E-state index in [0.29, 0.717) is 5.75 Å². The molecule has 0 radical (unpaired) electrons. The van der Waals surface area contributed by atoms with Gasteiger partial charge in [-0.15, -0.1) is 10.2 Å². The van der Waals surface area contributed by atoms with Crippen LogP contribution in [0.25, 0.3) is 0 Å². The molecule has 5 heteroatoms. The fraction of sp³-hybridized carbons (Fsp3) is 0.818. The molecule has 90 valence electrons. The Labute approximate surface area is 100 Å². The highest BCUT2D eigenvalue weighted by Gasteiger charge is 2.15. The number of fused-ring (bicyclic) bond motifs is 1. The number of aliphatic hydroxyl groups excluding tert-OH is 1. The fourth-order valence-corrected chi connectivity index (χ4v) is 2.88. The normalized spacial score (nSPS) is 17.9. The van der Waals surface area contributed by atoms with Crippen molar-refractivity contribution in [3.8, 4) is 0 Å². The Bertz CT molecular complexity index is 340. The van der Waals surface area contributed by atoms with Gasteiger partial charge < -0.3 is 9.67 Å². The zero-order valence-corrected chi connectivity index (χ0v) is 10.5. The Balaban J connectivity index is 2.01. The molecule has 1 aliphatic rings. The zero-order chi connectivity index (χ0) is 11.4. The largest absolute Gasteiger partial charge is 0.392 e. The number of aryl methyl sites for hydroxylation is 1. The van der Waals surface area contributed by atoms with Gasteiger partial charge in [-0.05, 0) is 19.3 Å². The van der Waals surface area contributed by atoms with Crippen LogP contribution < -0.4 is 0 Å². The number of rotatable bonds is 4. The zero-order valence-electron chi connectivity index (χ0n) is 9.72. The van der Waals surface area contributed by atoms with Crippen molar-refractivity contribution in [2.75, 3.05) is 5.75 Å². The second-order valence-corrected chi connectivity index (χ2v) is 5.22. The van der Waals surface area contributed by atoms with Crippen LogP contribution in [0, 0.1) is 0 Å². The molecule has 4 nitrogen and oxygen atoms in total. The van der Waals surface area contributed by atoms with Crippen molar-refractivity contribution in [3.63, 3.8) is 0 Å². The van der Waals surface area contributed by atoms with Crippen molar-refractivity contribution in [2.45, 2.75) is 56.8 Å². The SMILES string of the molecule is CCC(O)CSc1nnc2n1CCCCC2. The molecule has 2 rings (SSSR count). The van der Waals surface area contributed by atoms with Crippen LogP contribution >= 0.6 is 11.8 Å². The first-order chi connectivity index (χ1) is 7.81. The number of aromatic nitrogens is 3. The Morgan fingerprint density at radius 3 is 3.06 bits per heavy atom. The number of thioether (sulfide) groups is 1. The molecule has 0 fully saturated rings. The Hall–Kier alpha value is -0.550. The summed E-state index contributed by atoms with van der Waals surface area (Å²) >= 11 is 1.62. The molecule has 16 heavy (non-hydrogen) atoms. The lowest BCUT2D eigenvalue weighted by Gasteiger charge is -2.08. The van der Waals surface area contributed by atoms with Gasteiger partial charge in [0.1, 0.15) is 5.82 Å². The second-order valence-electron chi connectivity index (χ2n) is 4.23. The van der Waals surface area contributed by atoms with Crippen LogP contribution in [0.2, 0.25) is 0 Å². The van der Waals surface area contributed by atoms with E-state index in [4.69, 9.17) is 0 Å². The van der Waals surface area contributed by atoms with Gasteiger partial charge in [-0.3, -0.25) is 0 Å². The monoisotopic (exact) mass is 241 g/mol. The number of aliphatic hydroxyl groups is 1. The lowest BCUT2D eigenvalue weighted by atomic mass is 10.2. The molecule has 0 spiro atoms. The van der Waals surface area contributed by atoms with Gasteiger partial charge in [-0.1, -0.05) is 25.1 Å². The van der Waals surface area contributed by atoms with E-state index in [-0.39, 0.29) is 6.10 Å². The third-order valence-corrected chi connectivity index (χ3v) is 4.06. The maximum absolute atomic E-state index is 9.54. The van der Waals surface area contributed by atoms with E-state index in [1.807, 2.05) is 6.92 Å². The van der Waals surface area contributed by atoms with Gasteiger partial charge in [0.2, 0.25) is 0 Å². The first-order valence-corrected chi connectivity index (χ1v) is 7.02. The fourth-order valence-electron chi connectivity index (χ4n) is 1.85. The van der Waals surface area contributed by atoms with Crippen molar-refractivity contribution in [2.24, 2.45) is 0 Å². The van der Waals surface area contributed by atoms with Gasteiger partial charge >= 0.3 is 0 Å². The molecule has 0 saturated heterocycles. The molecule has 0 aliphatic carbocycles. The molecule has 1 aliphatic heterocycles. The van der Waals surface area contributed by atoms with Crippen LogP contribution in [0.4, 0.5) is 0 Å². The summed E-state index contributed by atoms with van der Waals surface area (Å²) in [6, 6.07) is 0. The van der Waals surface area contributed by atoms with Crippen LogP contribution in [0.15, 0.2) is 5.16 Å². The van der Waals surface area contributed by atoms with Gasteiger partial charge in [-0.25, -0.2) is 0 Å². The average Bonchev–Trinajstić information content (AvgIpc) is 2.54. The predicted molar refractivity (Wildman–Crippen MR) is 64.6 cm³/mol. The summed E-state index contributed by atoms with van der Waals surface area (Å²) in [7, 11) is 0. The van der Waals surface area contributed by atoms with Crippen LogP contribution in [0.3, 0.4) is 0 Å². The summed E-state index contributed by atoms with van der Waals surface area (Å²) in [6.07, 6.45) is 5.34. The quantitative estimate of drug-likeness (QED) is 0.818. The molecular formula is C11H19N3OS. The van der Waals surface area contributed by atoms with Crippen molar-refractivity contribution >= 4 is 11.8 Å². The maximum atomic E-state index is 9.54. The summed E-state index contributed by atoms with van der Waals surface area (Å²) < 4.78 is 2.22. The third kappa shape index (κ3) is 2.77. The maximum Gasteiger partial charge on any atom is 0.191 e. The molecule has 1 N–H and O–H groups in total. The number of nitrogens with zero attached hydrogens (tertiary/aromatic N) is 3. The molecule has 1 aromatic rings. The summed E-state index contributed by atoms with van der Waals surface area (Å²) in [6.45, 7) is 3.03. The van der Waals surface area contributed by atoms with E-state index in [9.17, 15) is 5.11 Å². The van der Waals surface area contributed by atoms with Crippen molar-refractivity contribution in [1.29, 1.82) is 0 Å². The molecule has 0 aromatic carbocycles. The molecular weight excluding hydrogens is 222 g/mol. The third-order valence-electron chi connectivity index (χ3n) is 2.95. The summed E-state index contributed by atoms with van der Waals surface area (Å²) in [5.74, 6) is 1.83. The van der Waals surface area contributed by atoms with E-state index >= 15 is 0 Å². The first-order valence-electron chi connectivity index (χ1n) is 6.04. The molecule has 0 saturated carbocycles. The second kappa shape index (κ2) is 5.68. The lowest BCUT2D eigenvalue weighted by molar-refractivity contribution is 0.195. The minimum absolute atomic E-state index is 0.233. The molecule has 0 bridgehead atoms. The predicted octanol–water partition coefficient (Wildman–Crippen LogP) is 1.87. The van der Waals surface area contributed by atoms with Gasteiger partial charge in [-0.2, -0.15) is 0 Å². The van der Waals surface area contributed by atoms with Crippen LogP contribution in [0.5, 0.6) is 0 Å². The van der Waals surface area contributed by atoms with Crippen molar-refractivity contribution in [1.82, 2.24) is 14.8 Å². The summed E-state index contributed by atoms with van der Waals surface area (Å²) in [5, 5.41) is 19.0. The lowest BCUT2D eigenvalue weighted by Crippen LogP contribution is -2.09. The molecule has 1 aromatic heterocycles. The van der Waals surface area contributed by atoms with Gasteiger partial charge in [0.25, 0.3) is 0 Å². The molecule has 2 heterocycles. The van der Waals surface area contributed by atoms with E-state index in [1.54, 1.807) is 11.8 Å². The number of hydrogen-bond acceptors (Lipinski definition) is 4.